The molecule has 1 aromatic rings. The van der Waals surface area contributed by atoms with Gasteiger partial charge < -0.3 is 10.4 Å². The number of carbonyl (C=O) groups excluding carboxylic acids is 1. The SMILES string of the molecule is CCC1CNC(=O)c2ccc(C(=O)O)cc21. The van der Waals surface area contributed by atoms with Crippen LogP contribution in [-0.2, 0) is 0 Å². The van der Waals surface area contributed by atoms with E-state index in [4.69, 9.17) is 5.11 Å². The molecule has 0 saturated carbocycles. The third kappa shape index (κ3) is 1.66. The molecule has 0 aliphatic carbocycles. The molecular weight excluding hydrogens is 206 g/mol. The van der Waals surface area contributed by atoms with Crippen LogP contribution in [0.5, 0.6) is 0 Å². The summed E-state index contributed by atoms with van der Waals surface area (Å²) in [5, 5.41) is 11.7. The maximum atomic E-state index is 11.6. The second kappa shape index (κ2) is 3.96. The van der Waals surface area contributed by atoms with Crippen LogP contribution >= 0.6 is 0 Å². The third-order valence-electron chi connectivity index (χ3n) is 2.98. The van der Waals surface area contributed by atoms with Crippen molar-refractivity contribution in [2.24, 2.45) is 0 Å². The number of carboxylic acids is 1. The Balaban J connectivity index is 2.52. The van der Waals surface area contributed by atoms with Gasteiger partial charge in [-0.2, -0.15) is 0 Å². The van der Waals surface area contributed by atoms with Gasteiger partial charge in [-0.15, -0.1) is 0 Å². The van der Waals surface area contributed by atoms with Gasteiger partial charge in [-0.05, 0) is 30.2 Å². The summed E-state index contributed by atoms with van der Waals surface area (Å²) in [6.07, 6.45) is 0.885. The van der Waals surface area contributed by atoms with Crippen LogP contribution in [0.15, 0.2) is 18.2 Å². The molecule has 1 aromatic carbocycles. The van der Waals surface area contributed by atoms with Crippen molar-refractivity contribution in [3.63, 3.8) is 0 Å². The molecule has 0 bridgehead atoms. The number of carbonyl (C=O) groups is 2. The number of hydrogen-bond acceptors (Lipinski definition) is 2. The Labute approximate surface area is 93.3 Å². The van der Waals surface area contributed by atoms with Crippen molar-refractivity contribution >= 4 is 11.9 Å². The fourth-order valence-electron chi connectivity index (χ4n) is 2.03. The van der Waals surface area contributed by atoms with Gasteiger partial charge in [0.1, 0.15) is 0 Å². The molecule has 0 spiro atoms. The van der Waals surface area contributed by atoms with Gasteiger partial charge in [-0.1, -0.05) is 6.92 Å². The minimum absolute atomic E-state index is 0.114. The fourth-order valence-corrected chi connectivity index (χ4v) is 2.03. The molecule has 0 aromatic heterocycles. The first-order valence-electron chi connectivity index (χ1n) is 5.29. The highest BCUT2D eigenvalue weighted by Gasteiger charge is 2.24. The summed E-state index contributed by atoms with van der Waals surface area (Å²) in [6, 6.07) is 4.68. The van der Waals surface area contributed by atoms with Crippen molar-refractivity contribution in [3.8, 4) is 0 Å². The molecule has 1 aliphatic heterocycles. The van der Waals surface area contributed by atoms with Crippen molar-refractivity contribution in [2.75, 3.05) is 6.54 Å². The Bertz CT molecular complexity index is 454. The van der Waals surface area contributed by atoms with Crippen molar-refractivity contribution < 1.29 is 14.7 Å². The molecule has 1 atom stereocenters. The van der Waals surface area contributed by atoms with Gasteiger partial charge in [0.25, 0.3) is 5.91 Å². The lowest BCUT2D eigenvalue weighted by molar-refractivity contribution is 0.0695. The van der Waals surface area contributed by atoms with E-state index < -0.39 is 5.97 Å². The number of hydrogen-bond donors (Lipinski definition) is 2. The van der Waals surface area contributed by atoms with E-state index in [2.05, 4.69) is 5.32 Å². The van der Waals surface area contributed by atoms with Crippen LogP contribution in [-0.4, -0.2) is 23.5 Å². The molecule has 4 heteroatoms. The van der Waals surface area contributed by atoms with E-state index in [1.165, 1.54) is 6.07 Å². The van der Waals surface area contributed by atoms with Gasteiger partial charge in [0, 0.05) is 18.0 Å². The quantitative estimate of drug-likeness (QED) is 0.794. The Kier molecular flexibility index (Phi) is 2.64. The molecule has 0 fully saturated rings. The van der Waals surface area contributed by atoms with Gasteiger partial charge in [0.15, 0.2) is 0 Å². The predicted molar refractivity (Wildman–Crippen MR) is 58.8 cm³/mol. The molecule has 1 amide bonds. The molecule has 0 saturated heterocycles. The summed E-state index contributed by atoms with van der Waals surface area (Å²) in [4.78, 5) is 22.4. The number of benzene rings is 1. The van der Waals surface area contributed by atoms with E-state index in [1.807, 2.05) is 6.92 Å². The first kappa shape index (κ1) is 10.7. The average molecular weight is 219 g/mol. The molecule has 2 N–H and O–H groups in total. The maximum absolute atomic E-state index is 11.6. The van der Waals surface area contributed by atoms with Crippen LogP contribution in [0.1, 0.15) is 45.5 Å². The minimum atomic E-state index is -0.955. The van der Waals surface area contributed by atoms with Gasteiger partial charge >= 0.3 is 5.97 Å². The number of amides is 1. The molecular formula is C12H13NO3. The zero-order valence-electron chi connectivity index (χ0n) is 8.99. The fraction of sp³-hybridized carbons (Fsp3) is 0.333. The second-order valence-corrected chi connectivity index (χ2v) is 3.92. The highest BCUT2D eigenvalue weighted by molar-refractivity contribution is 5.98. The van der Waals surface area contributed by atoms with Gasteiger partial charge in [-0.3, -0.25) is 4.79 Å². The van der Waals surface area contributed by atoms with Crippen molar-refractivity contribution in [3.05, 3.63) is 34.9 Å². The van der Waals surface area contributed by atoms with E-state index in [9.17, 15) is 9.59 Å². The summed E-state index contributed by atoms with van der Waals surface area (Å²) in [7, 11) is 0. The lowest BCUT2D eigenvalue weighted by Gasteiger charge is -2.24. The molecule has 1 aliphatic rings. The number of carboxylic acid groups (broad SMARTS) is 1. The van der Waals surface area contributed by atoms with E-state index in [0.29, 0.717) is 12.1 Å². The first-order chi connectivity index (χ1) is 7.63. The number of nitrogens with one attached hydrogen (secondary N) is 1. The molecule has 4 nitrogen and oxygen atoms in total. The molecule has 84 valence electrons. The Morgan fingerprint density at radius 3 is 2.94 bits per heavy atom. The summed E-state index contributed by atoms with van der Waals surface area (Å²) >= 11 is 0. The highest BCUT2D eigenvalue weighted by Crippen LogP contribution is 2.27. The normalized spacial score (nSPS) is 18.8. The predicted octanol–water partition coefficient (Wildman–Crippen LogP) is 1.62. The lowest BCUT2D eigenvalue weighted by atomic mass is 9.87. The largest absolute Gasteiger partial charge is 0.478 e. The first-order valence-corrected chi connectivity index (χ1v) is 5.29. The van der Waals surface area contributed by atoms with Crippen LogP contribution in [0, 0.1) is 0 Å². The molecule has 1 unspecified atom stereocenters. The van der Waals surface area contributed by atoms with Crippen LogP contribution in [0.25, 0.3) is 0 Å². The van der Waals surface area contributed by atoms with Crippen LogP contribution in [0.4, 0.5) is 0 Å². The summed E-state index contributed by atoms with van der Waals surface area (Å²) in [6.45, 7) is 2.62. The lowest BCUT2D eigenvalue weighted by Crippen LogP contribution is -2.35. The van der Waals surface area contributed by atoms with Crippen molar-refractivity contribution in [1.82, 2.24) is 5.32 Å². The van der Waals surface area contributed by atoms with E-state index in [1.54, 1.807) is 12.1 Å². The van der Waals surface area contributed by atoms with Crippen LogP contribution in [0.3, 0.4) is 0 Å². The van der Waals surface area contributed by atoms with E-state index in [-0.39, 0.29) is 17.4 Å². The smallest absolute Gasteiger partial charge is 0.335 e. The minimum Gasteiger partial charge on any atom is -0.478 e. The van der Waals surface area contributed by atoms with Crippen molar-refractivity contribution in [1.29, 1.82) is 0 Å². The van der Waals surface area contributed by atoms with E-state index >= 15 is 0 Å². The monoisotopic (exact) mass is 219 g/mol. The molecule has 16 heavy (non-hydrogen) atoms. The number of aromatic carboxylic acids is 1. The summed E-state index contributed by atoms with van der Waals surface area (Å²) in [5.41, 5.74) is 1.70. The van der Waals surface area contributed by atoms with Crippen molar-refractivity contribution in [2.45, 2.75) is 19.3 Å². The van der Waals surface area contributed by atoms with Gasteiger partial charge in [-0.25, -0.2) is 4.79 Å². The zero-order valence-corrected chi connectivity index (χ0v) is 8.99. The highest BCUT2D eigenvalue weighted by atomic mass is 16.4. The molecule has 0 radical (unpaired) electrons. The summed E-state index contributed by atoms with van der Waals surface area (Å²) < 4.78 is 0. The molecule has 1 heterocycles. The zero-order chi connectivity index (χ0) is 11.7. The average Bonchev–Trinajstić information content (AvgIpc) is 2.29. The van der Waals surface area contributed by atoms with Crippen LogP contribution in [0.2, 0.25) is 0 Å². The third-order valence-corrected chi connectivity index (χ3v) is 2.98. The van der Waals surface area contributed by atoms with E-state index in [0.717, 1.165) is 12.0 Å². The number of fused-ring (bicyclic) bond motifs is 1. The Hall–Kier alpha value is -1.84. The standard InChI is InChI=1S/C12H13NO3/c1-2-7-6-13-11(14)9-4-3-8(12(15)16)5-10(7)9/h3-5,7H,2,6H2,1H3,(H,13,14)(H,15,16). The maximum Gasteiger partial charge on any atom is 0.335 e. The topological polar surface area (TPSA) is 66.4 Å². The van der Waals surface area contributed by atoms with Crippen LogP contribution < -0.4 is 5.32 Å². The Morgan fingerprint density at radius 1 is 1.56 bits per heavy atom. The van der Waals surface area contributed by atoms with Gasteiger partial charge in [0.2, 0.25) is 0 Å². The number of rotatable bonds is 2. The second-order valence-electron chi connectivity index (χ2n) is 3.92. The molecule has 2 rings (SSSR count). The Morgan fingerprint density at radius 2 is 2.31 bits per heavy atom. The summed E-state index contributed by atoms with van der Waals surface area (Å²) in [5.74, 6) is -0.854. The van der Waals surface area contributed by atoms with Gasteiger partial charge in [0.05, 0.1) is 5.56 Å².